The first-order valence-electron chi connectivity index (χ1n) is 7.74. The summed E-state index contributed by atoms with van der Waals surface area (Å²) >= 11 is 0. The molecule has 8 nitrogen and oxygen atoms in total. The van der Waals surface area contributed by atoms with Crippen LogP contribution in [0.3, 0.4) is 0 Å². The van der Waals surface area contributed by atoms with Crippen LogP contribution in [-0.2, 0) is 15.1 Å². The van der Waals surface area contributed by atoms with E-state index in [-0.39, 0.29) is 11.5 Å². The number of nitrogens with one attached hydrogen (secondary N) is 1. The van der Waals surface area contributed by atoms with E-state index >= 15 is 0 Å². The Morgan fingerprint density at radius 3 is 2.63 bits per heavy atom. The molecule has 0 aliphatic carbocycles. The van der Waals surface area contributed by atoms with Crippen LogP contribution in [0, 0.1) is 0 Å². The maximum atomic E-state index is 12.1. The summed E-state index contributed by atoms with van der Waals surface area (Å²) in [4.78, 5) is 15.3. The minimum absolute atomic E-state index is 0.0461. The minimum atomic E-state index is -4.69. The van der Waals surface area contributed by atoms with Gasteiger partial charge in [0.2, 0.25) is 0 Å². The highest BCUT2D eigenvalue weighted by Gasteiger charge is 2.25. The van der Waals surface area contributed by atoms with Crippen molar-refractivity contribution in [3.05, 3.63) is 72.4 Å². The fraction of sp³-hybridized carbons (Fsp3) is 0. The zero-order valence-corrected chi connectivity index (χ0v) is 14.7. The molecule has 0 atom stereocenters. The molecule has 0 saturated carbocycles. The highest BCUT2D eigenvalue weighted by atomic mass is 32.2. The van der Waals surface area contributed by atoms with Crippen LogP contribution in [0.2, 0.25) is 0 Å². The zero-order valence-electron chi connectivity index (χ0n) is 13.9. The lowest BCUT2D eigenvalue weighted by Crippen LogP contribution is -2.26. The Hall–Kier alpha value is -3.27. The third-order valence-corrected chi connectivity index (χ3v) is 4.56. The summed E-state index contributed by atoms with van der Waals surface area (Å²) in [6, 6.07) is 14.9. The standard InChI is InChI=1S/C18H15N3O5S/c22-17(20-23)9-8-13-4-3-6-15(12-13)21(27(24,25)26)18-16-7-2-1-5-14(16)10-11-19-18/h1-12,23H,(H,20,22)(H,24,25,26)/b9-8+. The van der Waals surface area contributed by atoms with Crippen LogP contribution >= 0.6 is 0 Å². The molecule has 0 bridgehead atoms. The van der Waals surface area contributed by atoms with Gasteiger partial charge in [-0.1, -0.05) is 36.4 Å². The highest BCUT2D eigenvalue weighted by molar-refractivity contribution is 7.87. The summed E-state index contributed by atoms with van der Waals surface area (Å²) < 4.78 is 34.8. The van der Waals surface area contributed by atoms with Crippen LogP contribution in [0.15, 0.2) is 66.9 Å². The van der Waals surface area contributed by atoms with Crippen molar-refractivity contribution in [1.82, 2.24) is 10.5 Å². The van der Waals surface area contributed by atoms with E-state index in [1.165, 1.54) is 29.9 Å². The van der Waals surface area contributed by atoms with Crippen LogP contribution in [0.1, 0.15) is 5.56 Å². The Kier molecular flexibility index (Phi) is 5.17. The average Bonchev–Trinajstić information content (AvgIpc) is 2.66. The maximum absolute atomic E-state index is 12.1. The van der Waals surface area contributed by atoms with E-state index in [0.29, 0.717) is 10.9 Å². The summed E-state index contributed by atoms with van der Waals surface area (Å²) in [7, 11) is -4.69. The van der Waals surface area contributed by atoms with Gasteiger partial charge in [-0.3, -0.25) is 14.6 Å². The number of carbonyl (C=O) groups excluding carboxylic acids is 1. The molecule has 0 aliphatic heterocycles. The Labute approximate surface area is 155 Å². The molecule has 0 unspecified atom stereocenters. The van der Waals surface area contributed by atoms with Crippen LogP contribution in [0.5, 0.6) is 0 Å². The molecular weight excluding hydrogens is 370 g/mol. The molecular formula is C18H15N3O5S. The number of aromatic nitrogens is 1. The molecule has 0 saturated heterocycles. The number of nitrogens with zero attached hydrogens (tertiary/aromatic N) is 2. The summed E-state index contributed by atoms with van der Waals surface area (Å²) in [5.41, 5.74) is 2.07. The van der Waals surface area contributed by atoms with E-state index in [1.807, 2.05) is 6.07 Å². The van der Waals surface area contributed by atoms with Gasteiger partial charge < -0.3 is 0 Å². The molecule has 0 radical (unpaired) electrons. The van der Waals surface area contributed by atoms with Gasteiger partial charge in [0, 0.05) is 17.7 Å². The second kappa shape index (κ2) is 7.54. The number of rotatable bonds is 5. The van der Waals surface area contributed by atoms with E-state index in [2.05, 4.69) is 4.98 Å². The summed E-state index contributed by atoms with van der Waals surface area (Å²) in [6.07, 6.45) is 3.91. The van der Waals surface area contributed by atoms with Crippen LogP contribution in [-0.4, -0.2) is 29.1 Å². The van der Waals surface area contributed by atoms with E-state index in [0.717, 1.165) is 15.8 Å². The molecule has 3 N–H and O–H groups in total. The lowest BCUT2D eigenvalue weighted by molar-refractivity contribution is -0.124. The van der Waals surface area contributed by atoms with Gasteiger partial charge in [0.15, 0.2) is 5.82 Å². The number of carbonyl (C=O) groups is 1. The Bertz CT molecular complexity index is 1120. The molecule has 1 aromatic heterocycles. The third-order valence-electron chi connectivity index (χ3n) is 3.72. The fourth-order valence-electron chi connectivity index (χ4n) is 2.59. The normalized spacial score (nSPS) is 11.6. The molecule has 138 valence electrons. The van der Waals surface area contributed by atoms with Crippen LogP contribution < -0.4 is 9.79 Å². The third kappa shape index (κ3) is 4.11. The minimum Gasteiger partial charge on any atom is -0.288 e. The first-order chi connectivity index (χ1) is 12.9. The number of anilines is 2. The lowest BCUT2D eigenvalue weighted by Gasteiger charge is -2.21. The number of pyridine rings is 1. The van der Waals surface area contributed by atoms with Crippen molar-refractivity contribution >= 4 is 44.6 Å². The fourth-order valence-corrected chi connectivity index (χ4v) is 3.34. The zero-order chi connectivity index (χ0) is 19.4. The van der Waals surface area contributed by atoms with Crippen molar-refractivity contribution in [2.75, 3.05) is 4.31 Å². The summed E-state index contributed by atoms with van der Waals surface area (Å²) in [5, 5.41) is 9.83. The average molecular weight is 385 g/mol. The number of amides is 1. The lowest BCUT2D eigenvalue weighted by atomic mass is 10.1. The molecule has 0 fully saturated rings. The largest absolute Gasteiger partial charge is 0.365 e. The molecule has 3 rings (SSSR count). The molecule has 3 aromatic rings. The van der Waals surface area contributed by atoms with E-state index in [4.69, 9.17) is 5.21 Å². The van der Waals surface area contributed by atoms with E-state index in [1.54, 1.807) is 36.4 Å². The molecule has 27 heavy (non-hydrogen) atoms. The predicted molar refractivity (Wildman–Crippen MR) is 101 cm³/mol. The Morgan fingerprint density at radius 1 is 1.11 bits per heavy atom. The van der Waals surface area contributed by atoms with Crippen molar-refractivity contribution in [2.45, 2.75) is 0 Å². The summed E-state index contributed by atoms with van der Waals surface area (Å²) in [5.74, 6) is -0.687. The van der Waals surface area contributed by atoms with E-state index in [9.17, 15) is 17.8 Å². The predicted octanol–water partition coefficient (Wildman–Crippen LogP) is 2.69. The number of fused-ring (bicyclic) bond motifs is 1. The first-order valence-corrected chi connectivity index (χ1v) is 9.13. The second-order valence-corrected chi connectivity index (χ2v) is 6.76. The van der Waals surface area contributed by atoms with Gasteiger partial charge in [-0.25, -0.2) is 10.5 Å². The second-order valence-electron chi connectivity index (χ2n) is 5.50. The molecule has 2 aromatic carbocycles. The molecule has 0 aliphatic rings. The maximum Gasteiger partial charge on any atom is 0.365 e. The van der Waals surface area contributed by atoms with Crippen molar-refractivity contribution in [2.24, 2.45) is 0 Å². The van der Waals surface area contributed by atoms with Crippen LogP contribution in [0.4, 0.5) is 11.5 Å². The van der Waals surface area contributed by atoms with Gasteiger partial charge in [0.1, 0.15) is 0 Å². The van der Waals surface area contributed by atoms with Gasteiger partial charge in [-0.05, 0) is 35.2 Å². The SMILES string of the molecule is O=C(/C=C/c1cccc(N(c2nccc3ccccc23)S(=O)(=O)O)c1)NO. The number of hydrogen-bond acceptors (Lipinski definition) is 5. The van der Waals surface area contributed by atoms with Gasteiger partial charge in [0.25, 0.3) is 5.91 Å². The Balaban J connectivity index is 2.15. The van der Waals surface area contributed by atoms with Crippen molar-refractivity contribution < 1.29 is 23.0 Å². The molecule has 0 spiro atoms. The summed E-state index contributed by atoms with van der Waals surface area (Å²) in [6.45, 7) is 0. The number of benzene rings is 2. The smallest absolute Gasteiger partial charge is 0.288 e. The van der Waals surface area contributed by atoms with Crippen molar-refractivity contribution in [1.29, 1.82) is 0 Å². The number of hydrogen-bond donors (Lipinski definition) is 3. The van der Waals surface area contributed by atoms with Gasteiger partial charge >= 0.3 is 10.3 Å². The van der Waals surface area contributed by atoms with Gasteiger partial charge in [-0.2, -0.15) is 12.7 Å². The monoisotopic (exact) mass is 385 g/mol. The topological polar surface area (TPSA) is 120 Å². The van der Waals surface area contributed by atoms with Gasteiger partial charge in [-0.15, -0.1) is 0 Å². The van der Waals surface area contributed by atoms with Crippen LogP contribution in [0.25, 0.3) is 16.8 Å². The highest BCUT2D eigenvalue weighted by Crippen LogP contribution is 2.32. The molecule has 1 amide bonds. The quantitative estimate of drug-likeness (QED) is 0.269. The Morgan fingerprint density at radius 2 is 1.89 bits per heavy atom. The molecule has 1 heterocycles. The van der Waals surface area contributed by atoms with Crippen molar-refractivity contribution in [3.63, 3.8) is 0 Å². The first kappa shape index (κ1) is 18.5. The molecule has 9 heteroatoms. The number of hydroxylamine groups is 1. The van der Waals surface area contributed by atoms with Gasteiger partial charge in [0.05, 0.1) is 5.69 Å². The van der Waals surface area contributed by atoms with E-state index < -0.39 is 16.2 Å². The van der Waals surface area contributed by atoms with Crippen molar-refractivity contribution in [3.8, 4) is 0 Å².